The van der Waals surface area contributed by atoms with Gasteiger partial charge in [0.15, 0.2) is 0 Å². The van der Waals surface area contributed by atoms with Gasteiger partial charge in [0, 0.05) is 6.61 Å². The van der Waals surface area contributed by atoms with Crippen LogP contribution in [0.2, 0.25) is 0 Å². The van der Waals surface area contributed by atoms with Crippen molar-refractivity contribution in [3.63, 3.8) is 0 Å². The maximum Gasteiger partial charge on any atom is 0.326 e. The van der Waals surface area contributed by atoms with Gasteiger partial charge in [-0.2, -0.15) is 0 Å². The van der Waals surface area contributed by atoms with E-state index < -0.39 is 18.1 Å². The Balaban J connectivity index is 2.47. The molecular weight excluding hydrogens is 210 g/mol. The van der Waals surface area contributed by atoms with E-state index in [4.69, 9.17) is 9.84 Å². The minimum atomic E-state index is -0.986. The molecule has 1 amide bonds. The maximum absolute atomic E-state index is 11.6. The molecule has 1 aliphatic heterocycles. The van der Waals surface area contributed by atoms with Gasteiger partial charge >= 0.3 is 5.97 Å². The zero-order valence-electron chi connectivity index (χ0n) is 9.73. The normalized spacial score (nSPS) is 22.1. The van der Waals surface area contributed by atoms with Gasteiger partial charge in [0.05, 0.1) is 0 Å². The second-order valence-corrected chi connectivity index (χ2v) is 4.53. The van der Waals surface area contributed by atoms with E-state index in [2.05, 4.69) is 5.32 Å². The summed E-state index contributed by atoms with van der Waals surface area (Å²) in [5.41, 5.74) is 0. The first-order chi connectivity index (χ1) is 7.50. The van der Waals surface area contributed by atoms with Crippen molar-refractivity contribution in [3.8, 4) is 0 Å². The van der Waals surface area contributed by atoms with Crippen LogP contribution in [-0.2, 0) is 14.3 Å². The molecule has 5 nitrogen and oxygen atoms in total. The fourth-order valence-corrected chi connectivity index (χ4v) is 1.74. The molecule has 2 atom stereocenters. The number of amides is 1. The van der Waals surface area contributed by atoms with Crippen LogP contribution in [0.3, 0.4) is 0 Å². The molecule has 0 unspecified atom stereocenters. The summed E-state index contributed by atoms with van der Waals surface area (Å²) in [6.07, 6.45) is 1.52. The highest BCUT2D eigenvalue weighted by molar-refractivity contribution is 5.86. The molecule has 0 aromatic carbocycles. The van der Waals surface area contributed by atoms with Crippen LogP contribution in [0.1, 0.15) is 33.1 Å². The predicted octanol–water partition coefficient (Wildman–Crippen LogP) is 0.781. The van der Waals surface area contributed by atoms with Crippen LogP contribution in [0.5, 0.6) is 0 Å². The first kappa shape index (κ1) is 13.0. The molecule has 5 heteroatoms. The number of ether oxygens (including phenoxy) is 1. The van der Waals surface area contributed by atoms with Gasteiger partial charge in [-0.15, -0.1) is 0 Å². The van der Waals surface area contributed by atoms with Crippen molar-refractivity contribution in [2.45, 2.75) is 45.3 Å². The number of hydrogen-bond acceptors (Lipinski definition) is 3. The standard InChI is InChI=1S/C11H19NO4/c1-7(2)6-8(11(14)15)12-10(13)9-4-3-5-16-9/h7-9H,3-6H2,1-2H3,(H,12,13)(H,14,15)/t8-,9+/m0/s1. The van der Waals surface area contributed by atoms with Crippen LogP contribution < -0.4 is 5.32 Å². The largest absolute Gasteiger partial charge is 0.480 e. The number of carbonyl (C=O) groups excluding carboxylic acids is 1. The Morgan fingerprint density at radius 2 is 2.19 bits per heavy atom. The lowest BCUT2D eigenvalue weighted by molar-refractivity contribution is -0.144. The van der Waals surface area contributed by atoms with Gasteiger partial charge in [-0.3, -0.25) is 4.79 Å². The Kier molecular flexibility index (Phi) is 4.73. The number of nitrogens with one attached hydrogen (secondary N) is 1. The van der Waals surface area contributed by atoms with Crippen molar-refractivity contribution >= 4 is 11.9 Å². The third kappa shape index (κ3) is 3.81. The van der Waals surface area contributed by atoms with Crippen molar-refractivity contribution < 1.29 is 19.4 Å². The van der Waals surface area contributed by atoms with Gasteiger partial charge in [0.1, 0.15) is 12.1 Å². The van der Waals surface area contributed by atoms with Crippen molar-refractivity contribution in [2.75, 3.05) is 6.61 Å². The van der Waals surface area contributed by atoms with Crippen LogP contribution >= 0.6 is 0 Å². The SMILES string of the molecule is CC(C)C[C@H](NC(=O)[C@H]1CCCO1)C(=O)O. The maximum atomic E-state index is 11.6. The summed E-state index contributed by atoms with van der Waals surface area (Å²) in [6.45, 7) is 4.43. The van der Waals surface area contributed by atoms with Crippen LogP contribution in [-0.4, -0.2) is 35.7 Å². The quantitative estimate of drug-likeness (QED) is 0.730. The summed E-state index contributed by atoms with van der Waals surface area (Å²) in [5.74, 6) is -1.06. The van der Waals surface area contributed by atoms with Gasteiger partial charge in [-0.25, -0.2) is 4.79 Å². The molecule has 0 bridgehead atoms. The lowest BCUT2D eigenvalue weighted by Crippen LogP contribution is -2.45. The van der Waals surface area contributed by atoms with E-state index in [-0.39, 0.29) is 11.8 Å². The van der Waals surface area contributed by atoms with E-state index >= 15 is 0 Å². The molecule has 0 aromatic rings. The van der Waals surface area contributed by atoms with E-state index in [1.165, 1.54) is 0 Å². The molecule has 0 aliphatic carbocycles. The second kappa shape index (κ2) is 5.84. The van der Waals surface area contributed by atoms with Crippen molar-refractivity contribution in [1.29, 1.82) is 0 Å². The molecule has 1 fully saturated rings. The molecular formula is C11H19NO4. The number of carbonyl (C=O) groups is 2. The third-order valence-electron chi connectivity index (χ3n) is 2.54. The minimum absolute atomic E-state index is 0.228. The van der Waals surface area contributed by atoms with Crippen molar-refractivity contribution in [1.82, 2.24) is 5.32 Å². The summed E-state index contributed by atoms with van der Waals surface area (Å²) in [6, 6.07) is -0.809. The van der Waals surface area contributed by atoms with Crippen LogP contribution in [0, 0.1) is 5.92 Å². The Morgan fingerprint density at radius 3 is 2.62 bits per heavy atom. The van der Waals surface area contributed by atoms with Gasteiger partial charge in [-0.05, 0) is 25.2 Å². The van der Waals surface area contributed by atoms with E-state index in [9.17, 15) is 9.59 Å². The highest BCUT2D eigenvalue weighted by Gasteiger charge is 2.28. The summed E-state index contributed by atoms with van der Waals surface area (Å²) < 4.78 is 5.20. The third-order valence-corrected chi connectivity index (χ3v) is 2.54. The Bertz CT molecular complexity index is 259. The highest BCUT2D eigenvalue weighted by atomic mass is 16.5. The average Bonchev–Trinajstić information content (AvgIpc) is 2.68. The molecule has 1 saturated heterocycles. The first-order valence-electron chi connectivity index (χ1n) is 5.65. The predicted molar refractivity (Wildman–Crippen MR) is 58.0 cm³/mol. The monoisotopic (exact) mass is 229 g/mol. The van der Waals surface area contributed by atoms with E-state index in [0.717, 1.165) is 6.42 Å². The van der Waals surface area contributed by atoms with Gasteiger partial charge in [-0.1, -0.05) is 13.8 Å². The van der Waals surface area contributed by atoms with Crippen LogP contribution in [0.4, 0.5) is 0 Å². The lowest BCUT2D eigenvalue weighted by atomic mass is 10.0. The molecule has 1 aliphatic rings. The fourth-order valence-electron chi connectivity index (χ4n) is 1.74. The topological polar surface area (TPSA) is 75.6 Å². The zero-order valence-corrected chi connectivity index (χ0v) is 9.73. The molecule has 0 saturated carbocycles. The minimum Gasteiger partial charge on any atom is -0.480 e. The molecule has 2 N–H and O–H groups in total. The lowest BCUT2D eigenvalue weighted by Gasteiger charge is -2.18. The summed E-state index contributed by atoms with van der Waals surface area (Å²) in [4.78, 5) is 22.6. The molecule has 1 rings (SSSR count). The number of rotatable bonds is 5. The molecule has 1 heterocycles. The Labute approximate surface area is 95.2 Å². The Hall–Kier alpha value is -1.10. The van der Waals surface area contributed by atoms with Gasteiger partial charge in [0.2, 0.25) is 5.91 Å². The molecule has 0 aromatic heterocycles. The van der Waals surface area contributed by atoms with Gasteiger partial charge in [0.25, 0.3) is 0 Å². The van der Waals surface area contributed by atoms with Crippen LogP contribution in [0.25, 0.3) is 0 Å². The van der Waals surface area contributed by atoms with Crippen molar-refractivity contribution in [2.24, 2.45) is 5.92 Å². The first-order valence-corrected chi connectivity index (χ1v) is 5.65. The second-order valence-electron chi connectivity index (χ2n) is 4.53. The van der Waals surface area contributed by atoms with Gasteiger partial charge < -0.3 is 15.2 Å². The summed E-state index contributed by atoms with van der Waals surface area (Å²) in [7, 11) is 0. The van der Waals surface area contributed by atoms with E-state index in [1.807, 2.05) is 13.8 Å². The number of hydrogen-bond donors (Lipinski definition) is 2. The van der Waals surface area contributed by atoms with Crippen molar-refractivity contribution in [3.05, 3.63) is 0 Å². The average molecular weight is 229 g/mol. The fraction of sp³-hybridized carbons (Fsp3) is 0.818. The number of carboxylic acids is 1. The summed E-state index contributed by atoms with van der Waals surface area (Å²) >= 11 is 0. The highest BCUT2D eigenvalue weighted by Crippen LogP contribution is 2.13. The molecule has 0 radical (unpaired) electrons. The number of carboxylic acid groups (broad SMARTS) is 1. The molecule has 0 spiro atoms. The van der Waals surface area contributed by atoms with Crippen LogP contribution in [0.15, 0.2) is 0 Å². The number of aliphatic carboxylic acids is 1. The molecule has 92 valence electrons. The van der Waals surface area contributed by atoms with E-state index in [1.54, 1.807) is 0 Å². The molecule has 16 heavy (non-hydrogen) atoms. The Morgan fingerprint density at radius 1 is 1.50 bits per heavy atom. The zero-order chi connectivity index (χ0) is 12.1. The smallest absolute Gasteiger partial charge is 0.326 e. The van der Waals surface area contributed by atoms with E-state index in [0.29, 0.717) is 19.4 Å². The summed E-state index contributed by atoms with van der Waals surface area (Å²) in [5, 5.41) is 11.5.